The van der Waals surface area contributed by atoms with Crippen molar-refractivity contribution in [1.29, 1.82) is 0 Å². The number of aliphatic hydroxyl groups excluding tert-OH is 1. The molecular weight excluding hydrogens is 210 g/mol. The Balaban J connectivity index is 1.98. The number of hydrogen-bond acceptors (Lipinski definition) is 4. The van der Waals surface area contributed by atoms with Crippen LogP contribution < -0.4 is 0 Å². The molecule has 3 atom stereocenters. The molecule has 92 valence electrons. The van der Waals surface area contributed by atoms with E-state index in [9.17, 15) is 4.79 Å². The summed E-state index contributed by atoms with van der Waals surface area (Å²) < 4.78 is 10.7. The molecule has 0 aromatic carbocycles. The molecule has 5 nitrogen and oxygen atoms in total. The Kier molecular flexibility index (Phi) is 2.84. The second kappa shape index (κ2) is 3.89. The third kappa shape index (κ3) is 2.01. The summed E-state index contributed by atoms with van der Waals surface area (Å²) in [4.78, 5) is 13.6. The highest BCUT2D eigenvalue weighted by molar-refractivity contribution is 5.70. The number of rotatable bonds is 1. The van der Waals surface area contributed by atoms with Crippen molar-refractivity contribution in [2.24, 2.45) is 0 Å². The molecule has 2 bridgehead atoms. The molecule has 3 saturated heterocycles. The quantitative estimate of drug-likeness (QED) is 0.721. The summed E-state index contributed by atoms with van der Waals surface area (Å²) >= 11 is 0. The zero-order chi connectivity index (χ0) is 11.9. The number of hydrogen-bond donors (Lipinski definition) is 1. The Hall–Kier alpha value is -0.810. The van der Waals surface area contributed by atoms with E-state index in [0.29, 0.717) is 6.61 Å². The first-order chi connectivity index (χ1) is 7.42. The number of carbonyl (C=O) groups is 1. The maximum atomic E-state index is 11.9. The molecule has 0 spiro atoms. The molecule has 0 radical (unpaired) electrons. The van der Waals surface area contributed by atoms with Gasteiger partial charge >= 0.3 is 6.09 Å². The number of aliphatic hydroxyl groups is 1. The maximum Gasteiger partial charge on any atom is 0.410 e. The summed E-state index contributed by atoms with van der Waals surface area (Å²) in [5, 5.41) is 9.11. The van der Waals surface area contributed by atoms with Gasteiger partial charge in [-0.1, -0.05) is 0 Å². The average Bonchev–Trinajstić information content (AvgIpc) is 2.14. The zero-order valence-corrected chi connectivity index (χ0v) is 9.97. The standard InChI is InChI=1S/C11H19NO4/c1-11(2,3)16-10(14)12-7-4-8(12)9(5-13)15-6-7/h7-9,13H,4-6H2,1-3H3/t7-,8+,9-/m1/s1. The van der Waals surface area contributed by atoms with Crippen molar-refractivity contribution in [3.63, 3.8) is 0 Å². The molecule has 3 aliphatic heterocycles. The van der Waals surface area contributed by atoms with Gasteiger partial charge in [0, 0.05) is 0 Å². The highest BCUT2D eigenvalue weighted by Gasteiger charge is 2.51. The molecule has 3 aliphatic rings. The Morgan fingerprint density at radius 3 is 2.75 bits per heavy atom. The van der Waals surface area contributed by atoms with Crippen LogP contribution in [0.25, 0.3) is 0 Å². The van der Waals surface area contributed by atoms with E-state index in [4.69, 9.17) is 14.6 Å². The van der Waals surface area contributed by atoms with Crippen molar-refractivity contribution in [2.75, 3.05) is 13.2 Å². The highest BCUT2D eigenvalue weighted by Crippen LogP contribution is 2.35. The molecule has 0 aliphatic carbocycles. The van der Waals surface area contributed by atoms with Crippen LogP contribution in [0, 0.1) is 0 Å². The minimum atomic E-state index is -0.476. The van der Waals surface area contributed by atoms with Gasteiger partial charge in [-0.2, -0.15) is 0 Å². The highest BCUT2D eigenvalue weighted by atomic mass is 16.6. The first-order valence-electron chi connectivity index (χ1n) is 5.66. The van der Waals surface area contributed by atoms with Crippen molar-refractivity contribution in [3.05, 3.63) is 0 Å². The van der Waals surface area contributed by atoms with E-state index >= 15 is 0 Å². The normalized spacial score (nSPS) is 33.2. The molecule has 16 heavy (non-hydrogen) atoms. The van der Waals surface area contributed by atoms with Gasteiger partial charge in [-0.25, -0.2) is 4.79 Å². The van der Waals surface area contributed by atoms with E-state index in [1.807, 2.05) is 20.8 Å². The molecule has 0 unspecified atom stereocenters. The van der Waals surface area contributed by atoms with Gasteiger partial charge < -0.3 is 14.6 Å². The van der Waals surface area contributed by atoms with Gasteiger partial charge in [0.2, 0.25) is 0 Å². The Bertz CT molecular complexity index is 284. The number of carbonyl (C=O) groups excluding carboxylic acids is 1. The minimum Gasteiger partial charge on any atom is -0.444 e. The Morgan fingerprint density at radius 1 is 1.56 bits per heavy atom. The summed E-state index contributed by atoms with van der Waals surface area (Å²) in [6.45, 7) is 6.00. The SMILES string of the molecule is CC(C)(C)OC(=O)N1[C@H]2CO[C@H](CO)[C@@H]1C2. The van der Waals surface area contributed by atoms with E-state index in [0.717, 1.165) is 6.42 Å². The molecule has 3 heterocycles. The van der Waals surface area contributed by atoms with Crippen LogP contribution in [0.5, 0.6) is 0 Å². The summed E-state index contributed by atoms with van der Waals surface area (Å²) in [5.41, 5.74) is -0.476. The lowest BCUT2D eigenvalue weighted by molar-refractivity contribution is -0.175. The third-order valence-corrected chi connectivity index (χ3v) is 2.98. The monoisotopic (exact) mass is 229 g/mol. The minimum absolute atomic E-state index is 0.0152. The van der Waals surface area contributed by atoms with Gasteiger partial charge in [-0.3, -0.25) is 4.90 Å². The Labute approximate surface area is 95.3 Å². The summed E-state index contributed by atoms with van der Waals surface area (Å²) in [5.74, 6) is 0. The van der Waals surface area contributed by atoms with Crippen LogP contribution in [-0.2, 0) is 9.47 Å². The van der Waals surface area contributed by atoms with Crippen molar-refractivity contribution < 1.29 is 19.4 Å². The van der Waals surface area contributed by atoms with E-state index in [-0.39, 0.29) is 30.9 Å². The second-order valence-electron chi connectivity index (χ2n) is 5.40. The fourth-order valence-corrected chi connectivity index (χ4v) is 2.24. The largest absolute Gasteiger partial charge is 0.444 e. The fraction of sp³-hybridized carbons (Fsp3) is 0.909. The van der Waals surface area contributed by atoms with E-state index in [1.165, 1.54) is 0 Å². The lowest BCUT2D eigenvalue weighted by atomic mass is 9.87. The van der Waals surface area contributed by atoms with Gasteiger partial charge in [0.1, 0.15) is 11.7 Å². The van der Waals surface area contributed by atoms with Crippen LogP contribution >= 0.6 is 0 Å². The van der Waals surface area contributed by atoms with Crippen molar-refractivity contribution in [3.8, 4) is 0 Å². The molecular formula is C11H19NO4. The molecule has 0 saturated carbocycles. The average molecular weight is 229 g/mol. The summed E-state index contributed by atoms with van der Waals surface area (Å²) in [7, 11) is 0. The first kappa shape index (κ1) is 11.7. The van der Waals surface area contributed by atoms with Crippen molar-refractivity contribution in [2.45, 2.75) is 51.0 Å². The van der Waals surface area contributed by atoms with E-state index < -0.39 is 5.60 Å². The van der Waals surface area contributed by atoms with Crippen LogP contribution in [0.15, 0.2) is 0 Å². The van der Waals surface area contributed by atoms with Crippen LogP contribution in [0.3, 0.4) is 0 Å². The Morgan fingerprint density at radius 2 is 2.25 bits per heavy atom. The maximum absolute atomic E-state index is 11.9. The van der Waals surface area contributed by atoms with Gasteiger partial charge in [-0.05, 0) is 27.2 Å². The number of ether oxygens (including phenoxy) is 2. The topological polar surface area (TPSA) is 59.0 Å². The number of morpholine rings is 1. The number of amides is 1. The van der Waals surface area contributed by atoms with Crippen LogP contribution in [0.1, 0.15) is 27.2 Å². The van der Waals surface area contributed by atoms with Gasteiger partial charge in [0.15, 0.2) is 0 Å². The summed E-state index contributed by atoms with van der Waals surface area (Å²) in [6.07, 6.45) is 0.359. The second-order valence-corrected chi connectivity index (χ2v) is 5.40. The van der Waals surface area contributed by atoms with Crippen LogP contribution in [0.2, 0.25) is 0 Å². The van der Waals surface area contributed by atoms with Crippen molar-refractivity contribution in [1.82, 2.24) is 4.90 Å². The lowest BCUT2D eigenvalue weighted by Crippen LogP contribution is -2.70. The first-order valence-corrected chi connectivity index (χ1v) is 5.66. The molecule has 1 amide bonds. The molecule has 0 aromatic heterocycles. The molecule has 0 aromatic rings. The fourth-order valence-electron chi connectivity index (χ4n) is 2.24. The molecule has 5 heteroatoms. The van der Waals surface area contributed by atoms with Gasteiger partial charge in [0.05, 0.1) is 25.3 Å². The predicted molar refractivity (Wildman–Crippen MR) is 57.1 cm³/mol. The molecule has 3 rings (SSSR count). The molecule has 1 N–H and O–H groups in total. The third-order valence-electron chi connectivity index (χ3n) is 2.98. The smallest absolute Gasteiger partial charge is 0.410 e. The van der Waals surface area contributed by atoms with Crippen molar-refractivity contribution >= 4 is 6.09 Å². The number of fused-ring (bicyclic) bond motifs is 2. The molecule has 3 fully saturated rings. The van der Waals surface area contributed by atoms with Gasteiger partial charge in [-0.15, -0.1) is 0 Å². The zero-order valence-electron chi connectivity index (χ0n) is 9.97. The van der Waals surface area contributed by atoms with Crippen LogP contribution in [0.4, 0.5) is 4.79 Å². The summed E-state index contributed by atoms with van der Waals surface area (Å²) in [6, 6.07) is 0.112. The van der Waals surface area contributed by atoms with Crippen LogP contribution in [-0.4, -0.2) is 53.1 Å². The van der Waals surface area contributed by atoms with E-state index in [1.54, 1.807) is 4.90 Å². The predicted octanol–water partition coefficient (Wildman–Crippen LogP) is 0.756. The van der Waals surface area contributed by atoms with Gasteiger partial charge in [0.25, 0.3) is 0 Å². The lowest BCUT2D eigenvalue weighted by Gasteiger charge is -2.55. The van der Waals surface area contributed by atoms with E-state index in [2.05, 4.69) is 0 Å². The number of nitrogens with zero attached hydrogens (tertiary/aromatic N) is 1.